The lowest BCUT2D eigenvalue weighted by molar-refractivity contribution is -0.127. The molecule has 2 aromatic carbocycles. The molecule has 32 heavy (non-hydrogen) atoms. The molecular formula is C22H17BrCl3N3O3. The molecule has 3 saturated heterocycles. The van der Waals surface area contributed by atoms with Crippen LogP contribution in [0.3, 0.4) is 0 Å². The fourth-order valence-corrected chi connectivity index (χ4v) is 7.74. The molecule has 0 radical (unpaired) electrons. The van der Waals surface area contributed by atoms with Gasteiger partial charge < -0.3 is 10.4 Å². The van der Waals surface area contributed by atoms with Gasteiger partial charge >= 0.3 is 0 Å². The third kappa shape index (κ3) is 2.55. The van der Waals surface area contributed by atoms with Crippen molar-refractivity contribution in [2.24, 2.45) is 11.8 Å². The topological polar surface area (TPSA) is 72.9 Å². The smallest absolute Gasteiger partial charge is 0.240 e. The summed E-state index contributed by atoms with van der Waals surface area (Å²) in [5, 5.41) is 15.7. The average Bonchev–Trinajstić information content (AvgIpc) is 3.40. The van der Waals surface area contributed by atoms with Crippen LogP contribution in [0.1, 0.15) is 18.4 Å². The molecule has 5 unspecified atom stereocenters. The Morgan fingerprint density at radius 1 is 1.06 bits per heavy atom. The van der Waals surface area contributed by atoms with Crippen LogP contribution in [-0.4, -0.2) is 40.6 Å². The van der Waals surface area contributed by atoms with Crippen molar-refractivity contribution < 1.29 is 14.7 Å². The number of amides is 2. The van der Waals surface area contributed by atoms with Gasteiger partial charge in [-0.15, -0.1) is 0 Å². The van der Waals surface area contributed by atoms with E-state index >= 15 is 0 Å². The Hall–Kier alpha value is -1.35. The zero-order chi connectivity index (χ0) is 22.5. The first kappa shape index (κ1) is 21.2. The number of nitrogens with zero attached hydrogens (tertiary/aromatic N) is 2. The Bertz CT molecular complexity index is 1190. The van der Waals surface area contributed by atoms with Gasteiger partial charge in [-0.1, -0.05) is 50.7 Å². The predicted molar refractivity (Wildman–Crippen MR) is 126 cm³/mol. The summed E-state index contributed by atoms with van der Waals surface area (Å²) < 4.78 is 0.668. The first-order valence-corrected chi connectivity index (χ1v) is 12.2. The number of anilines is 2. The molecule has 166 valence electrons. The van der Waals surface area contributed by atoms with E-state index in [0.717, 1.165) is 12.8 Å². The minimum absolute atomic E-state index is 0.163. The zero-order valence-electron chi connectivity index (χ0n) is 16.5. The van der Waals surface area contributed by atoms with Gasteiger partial charge in [0.25, 0.3) is 0 Å². The van der Waals surface area contributed by atoms with Crippen molar-refractivity contribution in [3.05, 3.63) is 55.4 Å². The van der Waals surface area contributed by atoms with Crippen molar-refractivity contribution in [3.8, 4) is 0 Å². The molecule has 3 fully saturated rings. The fourth-order valence-electron chi connectivity index (χ4n) is 6.35. The normalized spacial score (nSPS) is 33.1. The minimum Gasteiger partial charge on any atom is -0.371 e. The summed E-state index contributed by atoms with van der Waals surface area (Å²) in [5.74, 6) is -1.98. The maximum Gasteiger partial charge on any atom is 0.240 e. The monoisotopic (exact) mass is 555 g/mol. The molecule has 0 bridgehead atoms. The molecule has 10 heteroatoms. The van der Waals surface area contributed by atoms with Gasteiger partial charge in [0.05, 0.1) is 28.2 Å². The molecule has 6 rings (SSSR count). The van der Waals surface area contributed by atoms with Crippen molar-refractivity contribution in [2.45, 2.75) is 30.7 Å². The number of carbonyl (C=O) groups excluding carboxylic acids is 2. The Morgan fingerprint density at radius 2 is 1.81 bits per heavy atom. The van der Waals surface area contributed by atoms with Crippen LogP contribution in [0.15, 0.2) is 34.8 Å². The van der Waals surface area contributed by atoms with Gasteiger partial charge in [-0.2, -0.15) is 0 Å². The Labute approximate surface area is 207 Å². The third-order valence-electron chi connectivity index (χ3n) is 7.30. The molecule has 1 spiro atoms. The van der Waals surface area contributed by atoms with Crippen molar-refractivity contribution in [1.29, 1.82) is 0 Å². The van der Waals surface area contributed by atoms with Crippen molar-refractivity contribution in [3.63, 3.8) is 0 Å². The molecule has 2 N–H and O–H groups in total. The Morgan fingerprint density at radius 3 is 2.56 bits per heavy atom. The number of aliphatic hydroxyl groups excluding tert-OH is 1. The van der Waals surface area contributed by atoms with Gasteiger partial charge in [-0.25, -0.2) is 4.90 Å². The van der Waals surface area contributed by atoms with E-state index in [9.17, 15) is 14.7 Å². The highest BCUT2D eigenvalue weighted by Crippen LogP contribution is 2.63. The SMILES string of the molecule is O=C1C2C3CCCN3C3(c4cc(Cl)cc(Cl)c4NC3O)C2C(=O)N1c1cc(Cl)cc(Br)c1. The summed E-state index contributed by atoms with van der Waals surface area (Å²) in [6.45, 7) is 0.670. The summed E-state index contributed by atoms with van der Waals surface area (Å²) >= 11 is 22.4. The van der Waals surface area contributed by atoms with Crippen molar-refractivity contribution >= 4 is 73.9 Å². The fraction of sp³-hybridized carbons (Fsp3) is 0.364. The van der Waals surface area contributed by atoms with Gasteiger partial charge in [-0.05, 0) is 49.7 Å². The van der Waals surface area contributed by atoms with E-state index in [-0.39, 0.29) is 17.9 Å². The second-order valence-corrected chi connectivity index (χ2v) is 10.9. The van der Waals surface area contributed by atoms with Gasteiger partial charge in [0.15, 0.2) is 0 Å². The van der Waals surface area contributed by atoms with E-state index in [1.165, 1.54) is 4.90 Å². The number of aliphatic hydroxyl groups is 1. The first-order chi connectivity index (χ1) is 15.2. The van der Waals surface area contributed by atoms with E-state index in [1.54, 1.807) is 30.3 Å². The lowest BCUT2D eigenvalue weighted by atomic mass is 9.75. The number of benzene rings is 2. The van der Waals surface area contributed by atoms with Gasteiger partial charge in [-0.3, -0.25) is 14.5 Å². The average molecular weight is 558 g/mol. The molecule has 4 aliphatic heterocycles. The summed E-state index contributed by atoms with van der Waals surface area (Å²) in [6, 6.07) is 8.19. The summed E-state index contributed by atoms with van der Waals surface area (Å²) in [4.78, 5) is 31.0. The molecule has 4 aliphatic rings. The van der Waals surface area contributed by atoms with Crippen LogP contribution in [0, 0.1) is 11.8 Å². The summed E-state index contributed by atoms with van der Waals surface area (Å²) in [7, 11) is 0. The van der Waals surface area contributed by atoms with Crippen LogP contribution in [0.2, 0.25) is 15.1 Å². The molecule has 0 saturated carbocycles. The molecule has 2 amide bonds. The maximum absolute atomic E-state index is 14.0. The number of hydrogen-bond donors (Lipinski definition) is 2. The molecule has 5 atom stereocenters. The number of hydrogen-bond acceptors (Lipinski definition) is 5. The highest BCUT2D eigenvalue weighted by atomic mass is 79.9. The van der Waals surface area contributed by atoms with Crippen LogP contribution in [0.5, 0.6) is 0 Å². The van der Waals surface area contributed by atoms with Crippen LogP contribution in [0.4, 0.5) is 11.4 Å². The number of halogens is 4. The lowest BCUT2D eigenvalue weighted by Gasteiger charge is -2.41. The highest BCUT2D eigenvalue weighted by molar-refractivity contribution is 9.10. The molecule has 6 nitrogen and oxygen atoms in total. The van der Waals surface area contributed by atoms with Crippen LogP contribution in [-0.2, 0) is 15.1 Å². The minimum atomic E-state index is -1.13. The van der Waals surface area contributed by atoms with Crippen LogP contribution >= 0.6 is 50.7 Å². The van der Waals surface area contributed by atoms with E-state index in [4.69, 9.17) is 34.8 Å². The number of imide groups is 1. The molecule has 2 aromatic rings. The van der Waals surface area contributed by atoms with Crippen molar-refractivity contribution in [1.82, 2.24) is 4.90 Å². The summed E-state index contributed by atoms with van der Waals surface area (Å²) in [6.07, 6.45) is 0.522. The number of nitrogens with one attached hydrogen (secondary N) is 1. The van der Waals surface area contributed by atoms with Gasteiger partial charge in [0, 0.05) is 26.1 Å². The van der Waals surface area contributed by atoms with E-state index in [1.807, 2.05) is 0 Å². The number of fused-ring (bicyclic) bond motifs is 7. The van der Waals surface area contributed by atoms with E-state index in [0.29, 0.717) is 43.0 Å². The second-order valence-electron chi connectivity index (χ2n) is 8.73. The lowest BCUT2D eigenvalue weighted by Crippen LogP contribution is -2.56. The maximum atomic E-state index is 14.0. The van der Waals surface area contributed by atoms with E-state index < -0.39 is 23.6 Å². The standard InChI is InChI=1S/C22H17BrCl3N3O3/c23-9-4-10(24)6-12(5-9)29-19(30)16-15-2-1-3-28(15)22(17(16)20(29)31)13-7-11(25)8-14(26)18(13)27-21(22)32/h4-8,15-17,21,27,32H,1-3H2. The molecule has 4 heterocycles. The van der Waals surface area contributed by atoms with Gasteiger partial charge in [0.2, 0.25) is 11.8 Å². The predicted octanol–water partition coefficient (Wildman–Crippen LogP) is 4.63. The second kappa shape index (κ2) is 7.08. The van der Waals surface area contributed by atoms with Crippen molar-refractivity contribution in [2.75, 3.05) is 16.8 Å². The summed E-state index contributed by atoms with van der Waals surface area (Å²) in [5.41, 5.74) is 0.502. The Kier molecular flexibility index (Phi) is 4.69. The highest BCUT2D eigenvalue weighted by Gasteiger charge is 2.74. The molecule has 0 aliphatic carbocycles. The van der Waals surface area contributed by atoms with Crippen LogP contribution < -0.4 is 10.2 Å². The number of carbonyl (C=O) groups is 2. The van der Waals surface area contributed by atoms with Crippen LogP contribution in [0.25, 0.3) is 0 Å². The molecular weight excluding hydrogens is 541 g/mol. The van der Waals surface area contributed by atoms with Gasteiger partial charge in [0.1, 0.15) is 11.8 Å². The zero-order valence-corrected chi connectivity index (χ0v) is 20.3. The largest absolute Gasteiger partial charge is 0.371 e. The molecule has 0 aromatic heterocycles. The first-order valence-electron chi connectivity index (χ1n) is 10.3. The van der Waals surface area contributed by atoms with E-state index in [2.05, 4.69) is 26.1 Å². The number of rotatable bonds is 1. The Balaban J connectivity index is 1.57. The quantitative estimate of drug-likeness (QED) is 0.501. The third-order valence-corrected chi connectivity index (χ3v) is 8.50.